The van der Waals surface area contributed by atoms with E-state index in [1.165, 1.54) is 110 Å². The summed E-state index contributed by atoms with van der Waals surface area (Å²) in [6, 6.07) is 0. The molecular formula is C25H50O4S. The van der Waals surface area contributed by atoms with Crippen LogP contribution in [0.2, 0.25) is 0 Å². The Labute approximate surface area is 191 Å². The van der Waals surface area contributed by atoms with Crippen LogP contribution >= 0.6 is 11.8 Å². The lowest BCUT2D eigenvalue weighted by molar-refractivity contribution is -0.140. The van der Waals surface area contributed by atoms with Gasteiger partial charge in [0.2, 0.25) is 0 Å². The standard InChI is InChI=1S/C20H40O2S.C4H6O2.CH4/c1-3-4-5-6-7-8-9-10-11-12-13-14-15-16-18-23-19-17-20(21)22-2;1-3-4(5)6-2;/h3-19H2,1-2H3;3H,1H2,2H3;1H4. The van der Waals surface area contributed by atoms with Crippen LogP contribution in [0.5, 0.6) is 0 Å². The molecule has 4 nitrogen and oxygen atoms in total. The summed E-state index contributed by atoms with van der Waals surface area (Å²) in [5.41, 5.74) is 0. The van der Waals surface area contributed by atoms with Crippen LogP contribution in [0.4, 0.5) is 0 Å². The molecule has 0 unspecified atom stereocenters. The average Bonchev–Trinajstić information content (AvgIpc) is 2.75. The SMILES string of the molecule is C.C=CC(=O)OC.CCCCCCCCCCCCCCCCSCCC(=O)OC. The maximum atomic E-state index is 10.9. The highest BCUT2D eigenvalue weighted by Gasteiger charge is 1.99. The molecule has 0 radical (unpaired) electrons. The Hall–Kier alpha value is -0.970. The lowest BCUT2D eigenvalue weighted by Gasteiger charge is -2.03. The van der Waals surface area contributed by atoms with Crippen molar-refractivity contribution >= 4 is 23.7 Å². The second-order valence-electron chi connectivity index (χ2n) is 7.26. The van der Waals surface area contributed by atoms with Crippen molar-refractivity contribution in [2.24, 2.45) is 0 Å². The van der Waals surface area contributed by atoms with Crippen LogP contribution in [-0.4, -0.2) is 37.7 Å². The van der Waals surface area contributed by atoms with Gasteiger partial charge in [-0.3, -0.25) is 4.79 Å². The highest BCUT2D eigenvalue weighted by atomic mass is 32.2. The molecule has 5 heteroatoms. The van der Waals surface area contributed by atoms with E-state index in [0.29, 0.717) is 6.42 Å². The highest BCUT2D eigenvalue weighted by Crippen LogP contribution is 2.14. The van der Waals surface area contributed by atoms with Gasteiger partial charge in [0.15, 0.2) is 0 Å². The summed E-state index contributed by atoms with van der Waals surface area (Å²) < 4.78 is 8.77. The van der Waals surface area contributed by atoms with Gasteiger partial charge in [-0.05, 0) is 12.2 Å². The van der Waals surface area contributed by atoms with Gasteiger partial charge in [0.1, 0.15) is 0 Å². The number of rotatable bonds is 19. The number of methoxy groups -OCH3 is 2. The summed E-state index contributed by atoms with van der Waals surface area (Å²) in [6.07, 6.45) is 21.4. The topological polar surface area (TPSA) is 52.6 Å². The summed E-state index contributed by atoms with van der Waals surface area (Å²) in [4.78, 5) is 20.8. The number of ether oxygens (including phenoxy) is 2. The first-order chi connectivity index (χ1) is 14.1. The lowest BCUT2D eigenvalue weighted by atomic mass is 10.0. The quantitative estimate of drug-likeness (QED) is 0.115. The van der Waals surface area contributed by atoms with Gasteiger partial charge in [0.05, 0.1) is 20.6 Å². The second-order valence-corrected chi connectivity index (χ2v) is 8.49. The Balaban J connectivity index is -0.000000905. The zero-order chi connectivity index (χ0) is 22.0. The molecule has 180 valence electrons. The van der Waals surface area contributed by atoms with Crippen LogP contribution in [0.1, 0.15) is 111 Å². The number of carbonyl (C=O) groups is 2. The van der Waals surface area contributed by atoms with Gasteiger partial charge in [-0.25, -0.2) is 4.79 Å². The van der Waals surface area contributed by atoms with Gasteiger partial charge in [-0.2, -0.15) is 11.8 Å². The first kappa shape index (κ1) is 33.7. The summed E-state index contributed by atoms with van der Waals surface area (Å²) in [7, 11) is 2.77. The second kappa shape index (κ2) is 30.2. The lowest BCUT2D eigenvalue weighted by Crippen LogP contribution is -2.01. The van der Waals surface area contributed by atoms with Crippen LogP contribution in [0.3, 0.4) is 0 Å². The number of hydrogen-bond acceptors (Lipinski definition) is 5. The van der Waals surface area contributed by atoms with E-state index in [-0.39, 0.29) is 13.4 Å². The van der Waals surface area contributed by atoms with Crippen LogP contribution < -0.4 is 0 Å². The predicted molar refractivity (Wildman–Crippen MR) is 133 cm³/mol. The summed E-state index contributed by atoms with van der Waals surface area (Å²) >= 11 is 1.88. The molecule has 0 atom stereocenters. The molecule has 0 aliphatic heterocycles. The van der Waals surface area contributed by atoms with Crippen molar-refractivity contribution in [2.45, 2.75) is 111 Å². The molecular weight excluding hydrogens is 396 g/mol. The molecule has 0 aliphatic rings. The van der Waals surface area contributed by atoms with E-state index in [2.05, 4.69) is 23.0 Å². The molecule has 0 amide bonds. The van der Waals surface area contributed by atoms with Crippen LogP contribution in [-0.2, 0) is 19.1 Å². The third-order valence-electron chi connectivity index (χ3n) is 4.69. The monoisotopic (exact) mass is 446 g/mol. The normalized spacial score (nSPS) is 9.70. The molecule has 0 saturated carbocycles. The van der Waals surface area contributed by atoms with Crippen LogP contribution in [0, 0.1) is 0 Å². The zero-order valence-electron chi connectivity index (χ0n) is 19.3. The van der Waals surface area contributed by atoms with E-state index in [9.17, 15) is 9.59 Å². The van der Waals surface area contributed by atoms with Crippen LogP contribution in [0.15, 0.2) is 12.7 Å². The molecule has 0 saturated heterocycles. The minimum Gasteiger partial charge on any atom is -0.469 e. The van der Waals surface area contributed by atoms with Crippen molar-refractivity contribution in [3.05, 3.63) is 12.7 Å². The Bertz CT molecular complexity index is 372. The maximum absolute atomic E-state index is 10.9. The van der Waals surface area contributed by atoms with Crippen molar-refractivity contribution < 1.29 is 19.1 Å². The molecule has 30 heavy (non-hydrogen) atoms. The van der Waals surface area contributed by atoms with Crippen molar-refractivity contribution in [3.8, 4) is 0 Å². The number of esters is 2. The van der Waals surface area contributed by atoms with Gasteiger partial charge in [-0.15, -0.1) is 0 Å². The molecule has 0 fully saturated rings. The third kappa shape index (κ3) is 31.7. The van der Waals surface area contributed by atoms with Gasteiger partial charge in [0.25, 0.3) is 0 Å². The van der Waals surface area contributed by atoms with Crippen LogP contribution in [0.25, 0.3) is 0 Å². The van der Waals surface area contributed by atoms with Gasteiger partial charge >= 0.3 is 11.9 Å². The number of unbranched alkanes of at least 4 members (excludes halogenated alkanes) is 13. The van der Waals surface area contributed by atoms with E-state index >= 15 is 0 Å². The molecule has 0 aromatic rings. The minimum atomic E-state index is -0.394. The first-order valence-electron chi connectivity index (χ1n) is 11.5. The van der Waals surface area contributed by atoms with Crippen molar-refractivity contribution in [2.75, 3.05) is 25.7 Å². The molecule has 0 spiro atoms. The van der Waals surface area contributed by atoms with Crippen molar-refractivity contribution in [1.29, 1.82) is 0 Å². The van der Waals surface area contributed by atoms with E-state index in [0.717, 1.165) is 11.8 Å². The molecule has 0 aromatic heterocycles. The molecule has 0 N–H and O–H groups in total. The number of thioether (sulfide) groups is 1. The Morgan fingerprint density at radius 2 is 1.17 bits per heavy atom. The third-order valence-corrected chi connectivity index (χ3v) is 5.76. The van der Waals surface area contributed by atoms with Gasteiger partial charge < -0.3 is 9.47 Å². The summed E-state index contributed by atoms with van der Waals surface area (Å²) in [6.45, 7) is 5.44. The van der Waals surface area contributed by atoms with E-state index in [1.54, 1.807) is 0 Å². The number of hydrogen-bond donors (Lipinski definition) is 0. The van der Waals surface area contributed by atoms with E-state index < -0.39 is 5.97 Å². The molecule has 0 aliphatic carbocycles. The Morgan fingerprint density at radius 1 is 0.733 bits per heavy atom. The molecule has 0 rings (SSSR count). The largest absolute Gasteiger partial charge is 0.469 e. The van der Waals surface area contributed by atoms with Gasteiger partial charge in [0, 0.05) is 11.8 Å². The van der Waals surface area contributed by atoms with Crippen molar-refractivity contribution in [3.63, 3.8) is 0 Å². The fourth-order valence-corrected chi connectivity index (χ4v) is 3.77. The average molecular weight is 447 g/mol. The molecule has 0 heterocycles. The zero-order valence-corrected chi connectivity index (χ0v) is 20.2. The van der Waals surface area contributed by atoms with Gasteiger partial charge in [-0.1, -0.05) is 104 Å². The summed E-state index contributed by atoms with van der Waals surface area (Å²) in [5, 5.41) is 0. The first-order valence-corrected chi connectivity index (χ1v) is 12.6. The fourth-order valence-electron chi connectivity index (χ4n) is 2.84. The van der Waals surface area contributed by atoms with E-state index in [1.807, 2.05) is 11.8 Å². The minimum absolute atomic E-state index is 0. The highest BCUT2D eigenvalue weighted by molar-refractivity contribution is 7.99. The summed E-state index contributed by atoms with van der Waals surface area (Å²) in [5.74, 6) is 1.62. The van der Waals surface area contributed by atoms with Crippen molar-refractivity contribution in [1.82, 2.24) is 0 Å². The molecule has 0 bridgehead atoms. The maximum Gasteiger partial charge on any atom is 0.329 e. The fraction of sp³-hybridized carbons (Fsp3) is 0.840. The Kier molecular flexibility index (Phi) is 33.9. The van der Waals surface area contributed by atoms with E-state index in [4.69, 9.17) is 0 Å². The number of carbonyl (C=O) groups excluding carboxylic acids is 2. The predicted octanol–water partition coefficient (Wildman–Crippen LogP) is 7.75. The molecule has 0 aromatic carbocycles. The smallest absolute Gasteiger partial charge is 0.329 e. The Morgan fingerprint density at radius 3 is 1.50 bits per heavy atom.